The number of nitrogens with one attached hydrogen (secondary N) is 1. The van der Waals surface area contributed by atoms with E-state index in [0.29, 0.717) is 11.3 Å². The molecule has 0 unspecified atom stereocenters. The zero-order valence-electron chi connectivity index (χ0n) is 11.8. The normalized spacial score (nSPS) is 17.6. The Morgan fingerprint density at radius 1 is 1.13 bits per heavy atom. The number of carbonyl (C=O) groups is 1. The predicted octanol–water partition coefficient (Wildman–Crippen LogP) is 3.52. The van der Waals surface area contributed by atoms with Crippen molar-refractivity contribution in [3.8, 4) is 5.75 Å². The second-order valence-corrected chi connectivity index (χ2v) is 5.24. The maximum absolute atomic E-state index is 12.9. The van der Waals surface area contributed by atoms with Gasteiger partial charge in [-0.3, -0.25) is 4.79 Å². The van der Waals surface area contributed by atoms with Crippen LogP contribution in [0, 0.1) is 0 Å². The molecule has 0 spiro atoms. The van der Waals surface area contributed by atoms with Gasteiger partial charge in [0.1, 0.15) is 18.5 Å². The number of anilines is 1. The van der Waals surface area contributed by atoms with Crippen LogP contribution in [0.15, 0.2) is 48.5 Å². The van der Waals surface area contributed by atoms with Crippen LogP contribution in [-0.2, 0) is 0 Å². The molecule has 120 valence electrons. The van der Waals surface area contributed by atoms with Crippen molar-refractivity contribution in [2.45, 2.75) is 12.3 Å². The van der Waals surface area contributed by atoms with Gasteiger partial charge < -0.3 is 15.3 Å². The lowest BCUT2D eigenvalue weighted by atomic mass is 10.0. The molecule has 23 heavy (non-hydrogen) atoms. The second-order valence-electron chi connectivity index (χ2n) is 5.24. The summed E-state index contributed by atoms with van der Waals surface area (Å²) in [5.74, 6) is -0.785. The van der Waals surface area contributed by atoms with E-state index >= 15 is 0 Å². The number of benzene rings is 2. The van der Waals surface area contributed by atoms with Gasteiger partial charge in [0.15, 0.2) is 0 Å². The first-order valence-corrected chi connectivity index (χ1v) is 6.87. The number of phenolic OH excluding ortho intramolecular Hbond substituents is 1. The summed E-state index contributed by atoms with van der Waals surface area (Å²) in [5.41, 5.74) is 1.02. The first-order valence-electron chi connectivity index (χ1n) is 6.87. The van der Waals surface area contributed by atoms with Crippen LogP contribution in [0.5, 0.6) is 5.75 Å². The van der Waals surface area contributed by atoms with Gasteiger partial charge in [0.2, 0.25) is 0 Å². The van der Waals surface area contributed by atoms with Crippen molar-refractivity contribution in [3.63, 3.8) is 0 Å². The van der Waals surface area contributed by atoms with Crippen LogP contribution in [0.1, 0.15) is 22.1 Å². The molecule has 0 bridgehead atoms. The third-order valence-electron chi connectivity index (χ3n) is 3.56. The van der Waals surface area contributed by atoms with Gasteiger partial charge in [-0.25, -0.2) is 0 Å². The standard InChI is InChI=1S/C16H13F3N2O2/c17-16(18,19)9-21-14(10-4-3-5-11(22)8-10)20-13-7-2-1-6-12(13)15(21)23/h1-8,14,20,22H,9H2/t14-/m0/s1. The smallest absolute Gasteiger partial charge is 0.406 e. The zero-order valence-corrected chi connectivity index (χ0v) is 11.8. The van der Waals surface area contributed by atoms with Gasteiger partial charge in [-0.2, -0.15) is 13.2 Å². The molecular formula is C16H13F3N2O2. The van der Waals surface area contributed by atoms with Gasteiger partial charge in [-0.05, 0) is 29.8 Å². The molecule has 2 N–H and O–H groups in total. The van der Waals surface area contributed by atoms with Crippen LogP contribution in [0.2, 0.25) is 0 Å². The van der Waals surface area contributed by atoms with Gasteiger partial charge in [-0.1, -0.05) is 24.3 Å². The molecule has 7 heteroatoms. The lowest BCUT2D eigenvalue weighted by Gasteiger charge is -2.38. The summed E-state index contributed by atoms with van der Waals surface area (Å²) >= 11 is 0. The number of fused-ring (bicyclic) bond motifs is 1. The Labute approximate surface area is 130 Å². The van der Waals surface area contributed by atoms with E-state index in [9.17, 15) is 23.1 Å². The Morgan fingerprint density at radius 2 is 1.87 bits per heavy atom. The molecule has 2 aromatic rings. The van der Waals surface area contributed by atoms with Crippen LogP contribution in [-0.4, -0.2) is 28.6 Å². The van der Waals surface area contributed by atoms with Crippen molar-refractivity contribution in [2.24, 2.45) is 0 Å². The van der Waals surface area contributed by atoms with E-state index in [1.165, 1.54) is 24.3 Å². The maximum atomic E-state index is 12.9. The average molecular weight is 322 g/mol. The van der Waals surface area contributed by atoms with Gasteiger partial charge in [0, 0.05) is 5.69 Å². The van der Waals surface area contributed by atoms with E-state index < -0.39 is 24.8 Å². The molecule has 2 aromatic carbocycles. The topological polar surface area (TPSA) is 52.6 Å². The second kappa shape index (κ2) is 5.49. The Kier molecular flexibility index (Phi) is 3.63. The number of rotatable bonds is 2. The number of para-hydroxylation sites is 1. The number of alkyl halides is 3. The van der Waals surface area contributed by atoms with Crippen LogP contribution in [0.25, 0.3) is 0 Å². The molecule has 4 nitrogen and oxygen atoms in total. The highest BCUT2D eigenvalue weighted by Gasteiger charge is 2.40. The third-order valence-corrected chi connectivity index (χ3v) is 3.56. The Hall–Kier alpha value is -2.70. The molecule has 1 atom stereocenters. The fraction of sp³-hybridized carbons (Fsp3) is 0.188. The molecule has 0 aliphatic carbocycles. The number of phenols is 1. The SMILES string of the molecule is O=C1c2ccccc2N[C@H](c2cccc(O)c2)N1CC(F)(F)F. The summed E-state index contributed by atoms with van der Waals surface area (Å²) in [6.07, 6.45) is -5.54. The largest absolute Gasteiger partial charge is 0.508 e. The van der Waals surface area contributed by atoms with Gasteiger partial charge in [0.05, 0.1) is 5.56 Å². The number of halogens is 3. The number of hydrogen-bond donors (Lipinski definition) is 2. The van der Waals surface area contributed by atoms with Crippen molar-refractivity contribution >= 4 is 11.6 Å². The molecule has 1 heterocycles. The zero-order chi connectivity index (χ0) is 16.6. The summed E-state index contributed by atoms with van der Waals surface area (Å²) in [5, 5.41) is 12.5. The Balaban J connectivity index is 2.06. The fourth-order valence-corrected chi connectivity index (χ4v) is 2.61. The molecule has 0 aromatic heterocycles. The molecular weight excluding hydrogens is 309 g/mol. The molecule has 1 aliphatic heterocycles. The fourth-order valence-electron chi connectivity index (χ4n) is 2.61. The van der Waals surface area contributed by atoms with Gasteiger partial charge in [-0.15, -0.1) is 0 Å². The lowest BCUT2D eigenvalue weighted by Crippen LogP contribution is -2.47. The predicted molar refractivity (Wildman–Crippen MR) is 78.0 cm³/mol. The highest BCUT2D eigenvalue weighted by Crippen LogP contribution is 2.35. The minimum Gasteiger partial charge on any atom is -0.508 e. The minimum atomic E-state index is -4.53. The highest BCUT2D eigenvalue weighted by molar-refractivity contribution is 6.01. The van der Waals surface area contributed by atoms with E-state index in [2.05, 4.69) is 5.32 Å². The summed E-state index contributed by atoms with van der Waals surface area (Å²) in [4.78, 5) is 13.2. The molecule has 1 aliphatic rings. The van der Waals surface area contributed by atoms with Crippen molar-refractivity contribution in [2.75, 3.05) is 11.9 Å². The molecule has 0 saturated carbocycles. The first kappa shape index (κ1) is 15.2. The number of nitrogens with zero attached hydrogens (tertiary/aromatic N) is 1. The van der Waals surface area contributed by atoms with Gasteiger partial charge in [0.25, 0.3) is 5.91 Å². The van der Waals surface area contributed by atoms with E-state index in [0.717, 1.165) is 4.90 Å². The van der Waals surface area contributed by atoms with E-state index in [4.69, 9.17) is 0 Å². The van der Waals surface area contributed by atoms with Crippen molar-refractivity contribution in [3.05, 3.63) is 59.7 Å². The van der Waals surface area contributed by atoms with Crippen molar-refractivity contribution in [1.82, 2.24) is 4.90 Å². The van der Waals surface area contributed by atoms with Gasteiger partial charge >= 0.3 is 6.18 Å². The Morgan fingerprint density at radius 3 is 2.57 bits per heavy atom. The molecule has 0 fully saturated rings. The van der Waals surface area contributed by atoms with Crippen molar-refractivity contribution in [1.29, 1.82) is 0 Å². The first-order chi connectivity index (χ1) is 10.8. The van der Waals surface area contributed by atoms with Crippen LogP contribution in [0.4, 0.5) is 18.9 Å². The Bertz CT molecular complexity index is 746. The van der Waals surface area contributed by atoms with Crippen molar-refractivity contribution < 1.29 is 23.1 Å². The maximum Gasteiger partial charge on any atom is 0.406 e. The summed E-state index contributed by atoms with van der Waals surface area (Å²) in [6, 6.07) is 12.2. The number of amides is 1. The number of aromatic hydroxyl groups is 1. The summed E-state index contributed by atoms with van der Waals surface area (Å²) in [6.45, 7) is -1.38. The van der Waals surface area contributed by atoms with E-state index in [1.807, 2.05) is 0 Å². The number of carbonyl (C=O) groups excluding carboxylic acids is 1. The van der Waals surface area contributed by atoms with Crippen LogP contribution in [0.3, 0.4) is 0 Å². The summed E-state index contributed by atoms with van der Waals surface area (Å²) in [7, 11) is 0. The average Bonchev–Trinajstić information content (AvgIpc) is 2.49. The van der Waals surface area contributed by atoms with E-state index in [1.54, 1.807) is 24.3 Å². The highest BCUT2D eigenvalue weighted by atomic mass is 19.4. The van der Waals surface area contributed by atoms with Crippen LogP contribution < -0.4 is 5.32 Å². The third kappa shape index (κ3) is 3.08. The molecule has 3 rings (SSSR count). The lowest BCUT2D eigenvalue weighted by molar-refractivity contribution is -0.144. The molecule has 0 radical (unpaired) electrons. The molecule has 0 saturated heterocycles. The van der Waals surface area contributed by atoms with E-state index in [-0.39, 0.29) is 11.3 Å². The quantitative estimate of drug-likeness (QED) is 0.889. The minimum absolute atomic E-state index is 0.0810. The number of hydrogen-bond acceptors (Lipinski definition) is 3. The monoisotopic (exact) mass is 322 g/mol. The molecule has 1 amide bonds. The van der Waals surface area contributed by atoms with Crippen LogP contribution >= 0.6 is 0 Å². The summed E-state index contributed by atoms with van der Waals surface area (Å²) < 4.78 is 38.7.